The van der Waals surface area contributed by atoms with Gasteiger partial charge >= 0.3 is 0 Å². The molecule has 0 aliphatic carbocycles. The molecule has 0 saturated carbocycles. The second-order valence-electron chi connectivity index (χ2n) is 4.48. The molecular formula is C13H19N5O. The van der Waals surface area contributed by atoms with Crippen molar-refractivity contribution < 1.29 is 4.74 Å². The van der Waals surface area contributed by atoms with Gasteiger partial charge in [-0.3, -0.25) is 4.98 Å². The predicted molar refractivity (Wildman–Crippen MR) is 72.2 cm³/mol. The van der Waals surface area contributed by atoms with Crippen LogP contribution in [0.5, 0.6) is 5.75 Å². The largest absolute Gasteiger partial charge is 0.496 e. The quantitative estimate of drug-likeness (QED) is 0.872. The Balaban J connectivity index is 2.23. The van der Waals surface area contributed by atoms with Crippen LogP contribution in [0.1, 0.15) is 22.5 Å². The average Bonchev–Trinajstić information content (AvgIpc) is 2.82. The number of pyridine rings is 1. The highest BCUT2D eigenvalue weighted by Gasteiger charge is 2.10. The van der Waals surface area contributed by atoms with Crippen molar-refractivity contribution in [3.63, 3.8) is 0 Å². The van der Waals surface area contributed by atoms with Crippen LogP contribution in [0.2, 0.25) is 0 Å². The number of hydrogen-bond donors (Lipinski definition) is 1. The summed E-state index contributed by atoms with van der Waals surface area (Å²) >= 11 is 0. The number of nitrogens with one attached hydrogen (secondary N) is 1. The minimum atomic E-state index is 0.596. The second kappa shape index (κ2) is 5.79. The Labute approximate surface area is 112 Å². The first kappa shape index (κ1) is 13.5. The van der Waals surface area contributed by atoms with Crippen LogP contribution in [-0.4, -0.2) is 34.1 Å². The summed E-state index contributed by atoms with van der Waals surface area (Å²) in [6, 6.07) is 0. The molecule has 0 unspecified atom stereocenters. The van der Waals surface area contributed by atoms with Gasteiger partial charge in [0.25, 0.3) is 0 Å². The van der Waals surface area contributed by atoms with Crippen LogP contribution < -0.4 is 10.1 Å². The summed E-state index contributed by atoms with van der Waals surface area (Å²) in [6.45, 7) is 5.31. The fourth-order valence-electron chi connectivity index (χ4n) is 2.06. The normalized spacial score (nSPS) is 10.7. The second-order valence-corrected chi connectivity index (χ2v) is 4.48. The number of nitrogens with zero attached hydrogens (tertiary/aromatic N) is 4. The maximum Gasteiger partial charge on any atom is 0.128 e. The molecule has 2 aromatic heterocycles. The predicted octanol–water partition coefficient (Wildman–Crippen LogP) is 1.07. The molecule has 0 amide bonds. The zero-order chi connectivity index (χ0) is 13.8. The molecule has 6 nitrogen and oxygen atoms in total. The Morgan fingerprint density at radius 2 is 2.16 bits per heavy atom. The van der Waals surface area contributed by atoms with Crippen molar-refractivity contribution >= 4 is 0 Å². The third-order valence-electron chi connectivity index (χ3n) is 3.01. The molecule has 102 valence electrons. The van der Waals surface area contributed by atoms with Crippen molar-refractivity contribution in [3.05, 3.63) is 34.9 Å². The number of rotatable bonds is 5. The number of aromatic nitrogens is 4. The minimum Gasteiger partial charge on any atom is -0.496 e. The average molecular weight is 261 g/mol. The summed E-state index contributed by atoms with van der Waals surface area (Å²) < 4.78 is 7.19. The molecule has 0 fully saturated rings. The van der Waals surface area contributed by atoms with Crippen LogP contribution in [-0.2, 0) is 13.1 Å². The molecule has 0 spiro atoms. The van der Waals surface area contributed by atoms with Gasteiger partial charge in [-0.15, -0.1) is 5.10 Å². The molecule has 0 aromatic carbocycles. The molecule has 2 rings (SSSR count). The lowest BCUT2D eigenvalue weighted by atomic mass is 10.1. The van der Waals surface area contributed by atoms with Gasteiger partial charge in [0.2, 0.25) is 0 Å². The summed E-state index contributed by atoms with van der Waals surface area (Å²) in [6.07, 6.45) is 3.75. The van der Waals surface area contributed by atoms with Crippen molar-refractivity contribution in [2.45, 2.75) is 26.9 Å². The molecular weight excluding hydrogens is 242 g/mol. The zero-order valence-electron chi connectivity index (χ0n) is 11.8. The lowest BCUT2D eigenvalue weighted by Gasteiger charge is -2.11. The monoisotopic (exact) mass is 261 g/mol. The fourth-order valence-corrected chi connectivity index (χ4v) is 2.06. The van der Waals surface area contributed by atoms with Crippen molar-refractivity contribution in [2.24, 2.45) is 0 Å². The lowest BCUT2D eigenvalue weighted by Crippen LogP contribution is -2.07. The van der Waals surface area contributed by atoms with Gasteiger partial charge < -0.3 is 10.1 Å². The molecule has 0 bridgehead atoms. The highest BCUT2D eigenvalue weighted by Crippen LogP contribution is 2.24. The number of ether oxygens (including phenoxy) is 1. The van der Waals surface area contributed by atoms with Gasteiger partial charge in [-0.05, 0) is 20.9 Å². The summed E-state index contributed by atoms with van der Waals surface area (Å²) in [4.78, 5) is 4.45. The van der Waals surface area contributed by atoms with E-state index < -0.39 is 0 Å². The van der Waals surface area contributed by atoms with E-state index >= 15 is 0 Å². The van der Waals surface area contributed by atoms with Gasteiger partial charge in [0.15, 0.2) is 0 Å². The van der Waals surface area contributed by atoms with Gasteiger partial charge in [0, 0.05) is 23.9 Å². The summed E-state index contributed by atoms with van der Waals surface area (Å²) in [5.74, 6) is 0.889. The van der Waals surface area contributed by atoms with E-state index in [0.717, 1.165) is 28.3 Å². The molecule has 0 aliphatic heterocycles. The van der Waals surface area contributed by atoms with Gasteiger partial charge in [-0.25, -0.2) is 4.68 Å². The van der Waals surface area contributed by atoms with E-state index in [1.165, 1.54) is 0 Å². The molecule has 6 heteroatoms. The Bertz CT molecular complexity index is 564. The van der Waals surface area contributed by atoms with Gasteiger partial charge in [0.05, 0.1) is 31.2 Å². The maximum atomic E-state index is 5.40. The molecule has 1 N–H and O–H groups in total. The van der Waals surface area contributed by atoms with Crippen LogP contribution >= 0.6 is 0 Å². The van der Waals surface area contributed by atoms with Gasteiger partial charge in [-0.1, -0.05) is 5.21 Å². The standard InChI is InChI=1S/C13H19N5O/c1-9-5-15-12(10(2)13(9)19-4)8-18-7-11(6-14-3)16-17-18/h5,7,14H,6,8H2,1-4H3. The SMILES string of the molecule is CNCc1cn(Cc2ncc(C)c(OC)c2C)nn1. The highest BCUT2D eigenvalue weighted by atomic mass is 16.5. The van der Waals surface area contributed by atoms with Crippen molar-refractivity contribution in [1.82, 2.24) is 25.3 Å². The molecule has 0 atom stereocenters. The molecule has 0 radical (unpaired) electrons. The van der Waals surface area contributed by atoms with Gasteiger partial charge in [0.1, 0.15) is 5.75 Å². The van der Waals surface area contributed by atoms with E-state index in [9.17, 15) is 0 Å². The Morgan fingerprint density at radius 1 is 1.37 bits per heavy atom. The van der Waals surface area contributed by atoms with Crippen LogP contribution in [0.15, 0.2) is 12.4 Å². The summed E-state index contributed by atoms with van der Waals surface area (Å²) in [5.41, 5.74) is 3.95. The molecule has 2 heterocycles. The van der Waals surface area contributed by atoms with Crippen LogP contribution in [0.4, 0.5) is 0 Å². The lowest BCUT2D eigenvalue weighted by molar-refractivity contribution is 0.406. The molecule has 19 heavy (non-hydrogen) atoms. The number of methoxy groups -OCH3 is 1. The van der Waals surface area contributed by atoms with Gasteiger partial charge in [-0.2, -0.15) is 0 Å². The van der Waals surface area contributed by atoms with Crippen LogP contribution in [0, 0.1) is 13.8 Å². The minimum absolute atomic E-state index is 0.596. The third-order valence-corrected chi connectivity index (χ3v) is 3.01. The number of hydrogen-bond acceptors (Lipinski definition) is 5. The molecule has 0 aliphatic rings. The maximum absolute atomic E-state index is 5.40. The highest BCUT2D eigenvalue weighted by molar-refractivity contribution is 5.41. The Hall–Kier alpha value is -1.95. The number of aryl methyl sites for hydroxylation is 1. The smallest absolute Gasteiger partial charge is 0.128 e. The van der Waals surface area contributed by atoms with Crippen LogP contribution in [0.25, 0.3) is 0 Å². The van der Waals surface area contributed by atoms with E-state index in [0.29, 0.717) is 13.1 Å². The summed E-state index contributed by atoms with van der Waals surface area (Å²) in [7, 11) is 3.56. The van der Waals surface area contributed by atoms with E-state index in [2.05, 4.69) is 20.6 Å². The topological polar surface area (TPSA) is 64.9 Å². The van der Waals surface area contributed by atoms with E-state index in [4.69, 9.17) is 4.74 Å². The first-order valence-electron chi connectivity index (χ1n) is 6.18. The fraction of sp³-hybridized carbons (Fsp3) is 0.462. The van der Waals surface area contributed by atoms with Crippen molar-refractivity contribution in [1.29, 1.82) is 0 Å². The molecule has 0 saturated heterocycles. The van der Waals surface area contributed by atoms with E-state index in [1.54, 1.807) is 11.8 Å². The first-order valence-corrected chi connectivity index (χ1v) is 6.18. The van der Waals surface area contributed by atoms with Crippen molar-refractivity contribution in [2.75, 3.05) is 14.2 Å². The van der Waals surface area contributed by atoms with Crippen molar-refractivity contribution in [3.8, 4) is 5.75 Å². The first-order chi connectivity index (χ1) is 9.15. The molecule has 2 aromatic rings. The van der Waals surface area contributed by atoms with Crippen LogP contribution in [0.3, 0.4) is 0 Å². The Morgan fingerprint density at radius 3 is 2.84 bits per heavy atom. The summed E-state index contributed by atoms with van der Waals surface area (Å²) in [5, 5.41) is 11.2. The Kier molecular flexibility index (Phi) is 4.11. The third kappa shape index (κ3) is 2.90. The van der Waals surface area contributed by atoms with E-state index in [-0.39, 0.29) is 0 Å². The van der Waals surface area contributed by atoms with E-state index in [1.807, 2.05) is 33.3 Å². The zero-order valence-corrected chi connectivity index (χ0v) is 11.8.